The van der Waals surface area contributed by atoms with Crippen molar-refractivity contribution in [2.24, 2.45) is 0 Å². The maximum atomic E-state index is 12.0. The van der Waals surface area contributed by atoms with Crippen molar-refractivity contribution in [3.63, 3.8) is 0 Å². The Morgan fingerprint density at radius 1 is 1.22 bits per heavy atom. The number of fused-ring (bicyclic) bond motifs is 1. The van der Waals surface area contributed by atoms with Gasteiger partial charge < -0.3 is 0 Å². The summed E-state index contributed by atoms with van der Waals surface area (Å²) in [6.07, 6.45) is 1.55. The largest absolute Gasteiger partial charge is 0.297 e. The van der Waals surface area contributed by atoms with Gasteiger partial charge in [-0.2, -0.15) is 8.42 Å². The predicted octanol–water partition coefficient (Wildman–Crippen LogP) is 3.21. The Bertz CT molecular complexity index is 687. The fourth-order valence-corrected chi connectivity index (χ4v) is 3.06. The summed E-state index contributed by atoms with van der Waals surface area (Å²) in [4.78, 5) is 0.165. The smallest absolute Gasteiger partial charge is 0.267 e. The molecule has 0 amide bonds. The van der Waals surface area contributed by atoms with Gasteiger partial charge in [-0.3, -0.25) is 4.18 Å². The average Bonchev–Trinajstić information content (AvgIpc) is 2.37. The normalized spacial score (nSPS) is 11.6. The highest BCUT2D eigenvalue weighted by Crippen LogP contribution is 2.27. The van der Waals surface area contributed by atoms with E-state index in [4.69, 9.17) is 4.18 Å². The molecule has 0 saturated heterocycles. The quantitative estimate of drug-likeness (QED) is 0.795. The summed E-state index contributed by atoms with van der Waals surface area (Å²) in [6.45, 7) is 5.46. The molecule has 0 atom stereocenters. The predicted molar refractivity (Wildman–Crippen MR) is 72.9 cm³/mol. The molecular weight excluding hydrogens is 248 g/mol. The molecule has 2 rings (SSSR count). The van der Waals surface area contributed by atoms with Gasteiger partial charge in [-0.1, -0.05) is 43.0 Å². The van der Waals surface area contributed by atoms with Gasteiger partial charge in [0.15, 0.2) is 0 Å². The van der Waals surface area contributed by atoms with E-state index in [2.05, 4.69) is 6.58 Å². The average molecular weight is 262 g/mol. The maximum absolute atomic E-state index is 12.0. The lowest BCUT2D eigenvalue weighted by molar-refractivity contribution is 0.338. The monoisotopic (exact) mass is 262 g/mol. The molecule has 0 radical (unpaired) electrons. The van der Waals surface area contributed by atoms with Crippen LogP contribution in [0.2, 0.25) is 0 Å². The van der Waals surface area contributed by atoms with Gasteiger partial charge >= 0.3 is 0 Å². The lowest BCUT2D eigenvalue weighted by atomic mass is 10.0. The van der Waals surface area contributed by atoms with Crippen molar-refractivity contribution >= 4 is 27.0 Å². The van der Waals surface area contributed by atoms with Crippen molar-refractivity contribution in [2.45, 2.75) is 11.8 Å². The summed E-state index contributed by atoms with van der Waals surface area (Å²) in [5.74, 6) is 0. The molecule has 0 aliphatic carbocycles. The van der Waals surface area contributed by atoms with E-state index in [-0.39, 0.29) is 11.5 Å². The Hall–Kier alpha value is -1.65. The first kappa shape index (κ1) is 12.8. The van der Waals surface area contributed by atoms with Crippen LogP contribution in [-0.4, -0.2) is 15.0 Å². The number of benzene rings is 2. The number of rotatable bonds is 4. The third-order valence-corrected chi connectivity index (χ3v) is 4.12. The summed E-state index contributed by atoms with van der Waals surface area (Å²) in [6, 6.07) is 10.9. The molecule has 0 unspecified atom stereocenters. The molecule has 0 heterocycles. The number of hydrogen-bond acceptors (Lipinski definition) is 3. The van der Waals surface area contributed by atoms with Crippen molar-refractivity contribution < 1.29 is 12.6 Å². The van der Waals surface area contributed by atoms with Gasteiger partial charge in [-0.05, 0) is 23.8 Å². The van der Waals surface area contributed by atoms with Crippen LogP contribution < -0.4 is 0 Å². The third-order valence-electron chi connectivity index (χ3n) is 2.68. The minimum atomic E-state index is -3.72. The molecule has 3 nitrogen and oxygen atoms in total. The third kappa shape index (κ3) is 2.17. The van der Waals surface area contributed by atoms with Crippen molar-refractivity contribution in [3.05, 3.63) is 48.5 Å². The van der Waals surface area contributed by atoms with Crippen LogP contribution >= 0.6 is 0 Å². The van der Waals surface area contributed by atoms with E-state index in [0.29, 0.717) is 5.56 Å². The van der Waals surface area contributed by atoms with E-state index in [9.17, 15) is 8.42 Å². The molecule has 0 aliphatic rings. The highest BCUT2D eigenvalue weighted by atomic mass is 32.2. The Kier molecular flexibility index (Phi) is 3.50. The molecule has 94 valence electrons. The molecule has 2 aromatic rings. The minimum absolute atomic E-state index is 0.117. The van der Waals surface area contributed by atoms with Gasteiger partial charge in [-0.15, -0.1) is 0 Å². The van der Waals surface area contributed by atoms with E-state index in [1.54, 1.807) is 25.1 Å². The van der Waals surface area contributed by atoms with Crippen LogP contribution in [0.15, 0.2) is 47.9 Å². The molecule has 0 spiro atoms. The summed E-state index contributed by atoms with van der Waals surface area (Å²) in [5, 5.41) is 1.83. The van der Waals surface area contributed by atoms with E-state index < -0.39 is 10.1 Å². The second kappa shape index (κ2) is 4.92. The molecule has 4 heteroatoms. The lowest BCUT2D eigenvalue weighted by Crippen LogP contribution is -2.07. The second-order valence-corrected chi connectivity index (χ2v) is 5.35. The highest BCUT2D eigenvalue weighted by molar-refractivity contribution is 7.86. The Morgan fingerprint density at radius 2 is 1.94 bits per heavy atom. The first-order chi connectivity index (χ1) is 8.60. The van der Waals surface area contributed by atoms with Crippen LogP contribution in [0.1, 0.15) is 12.5 Å². The fraction of sp³-hybridized carbons (Fsp3) is 0.143. The van der Waals surface area contributed by atoms with E-state index in [0.717, 1.165) is 10.8 Å². The SMILES string of the molecule is C=Cc1c(S(=O)(=O)OCC)ccc2ccccc12. The molecule has 0 N–H and O–H groups in total. The highest BCUT2D eigenvalue weighted by Gasteiger charge is 2.19. The molecular formula is C14H14O3S. The topological polar surface area (TPSA) is 43.4 Å². The second-order valence-electron chi connectivity index (χ2n) is 3.76. The molecule has 0 saturated carbocycles. The van der Waals surface area contributed by atoms with Crippen LogP contribution in [-0.2, 0) is 14.3 Å². The molecule has 18 heavy (non-hydrogen) atoms. The summed E-state index contributed by atoms with van der Waals surface area (Å²) < 4.78 is 28.8. The molecule has 0 fully saturated rings. The van der Waals surface area contributed by atoms with Crippen LogP contribution in [0.5, 0.6) is 0 Å². The van der Waals surface area contributed by atoms with Gasteiger partial charge in [0.1, 0.15) is 4.90 Å². The summed E-state index contributed by atoms with van der Waals surface area (Å²) in [5.41, 5.74) is 0.585. The molecule has 0 bridgehead atoms. The Balaban J connectivity index is 2.77. The van der Waals surface area contributed by atoms with Crippen molar-refractivity contribution in [2.75, 3.05) is 6.61 Å². The van der Waals surface area contributed by atoms with E-state index >= 15 is 0 Å². The Morgan fingerprint density at radius 3 is 2.61 bits per heavy atom. The molecule has 0 aromatic heterocycles. The van der Waals surface area contributed by atoms with Gasteiger partial charge in [0.05, 0.1) is 6.61 Å². The van der Waals surface area contributed by atoms with Gasteiger partial charge in [0.25, 0.3) is 10.1 Å². The van der Waals surface area contributed by atoms with Gasteiger partial charge in [-0.25, -0.2) is 0 Å². The zero-order chi connectivity index (χ0) is 13.2. The zero-order valence-electron chi connectivity index (χ0n) is 10.1. The van der Waals surface area contributed by atoms with Crippen molar-refractivity contribution in [3.8, 4) is 0 Å². The minimum Gasteiger partial charge on any atom is -0.267 e. The zero-order valence-corrected chi connectivity index (χ0v) is 10.9. The lowest BCUT2D eigenvalue weighted by Gasteiger charge is -2.10. The maximum Gasteiger partial charge on any atom is 0.297 e. The summed E-state index contributed by atoms with van der Waals surface area (Å²) in [7, 11) is -3.72. The van der Waals surface area contributed by atoms with Gasteiger partial charge in [0, 0.05) is 5.56 Å². The fourth-order valence-electron chi connectivity index (χ4n) is 1.92. The first-order valence-corrected chi connectivity index (χ1v) is 7.04. The van der Waals surface area contributed by atoms with Crippen LogP contribution in [0.25, 0.3) is 16.8 Å². The first-order valence-electron chi connectivity index (χ1n) is 5.63. The van der Waals surface area contributed by atoms with E-state index in [1.807, 2.05) is 24.3 Å². The Labute approximate surface area is 107 Å². The molecule has 2 aromatic carbocycles. The van der Waals surface area contributed by atoms with Crippen LogP contribution in [0.3, 0.4) is 0 Å². The molecule has 0 aliphatic heterocycles. The van der Waals surface area contributed by atoms with Crippen molar-refractivity contribution in [1.82, 2.24) is 0 Å². The van der Waals surface area contributed by atoms with Crippen LogP contribution in [0, 0.1) is 0 Å². The van der Waals surface area contributed by atoms with Crippen LogP contribution in [0.4, 0.5) is 0 Å². The van der Waals surface area contributed by atoms with Gasteiger partial charge in [0.2, 0.25) is 0 Å². The van der Waals surface area contributed by atoms with E-state index in [1.165, 1.54) is 0 Å². The van der Waals surface area contributed by atoms with Crippen molar-refractivity contribution in [1.29, 1.82) is 0 Å². The number of hydrogen-bond donors (Lipinski definition) is 0. The standard InChI is InChI=1S/C14H14O3S/c1-3-12-13-8-6-5-7-11(13)9-10-14(12)18(15,16)17-4-2/h3,5-10H,1,4H2,2H3. The summed E-state index contributed by atoms with van der Waals surface area (Å²) >= 11 is 0.